The highest BCUT2D eigenvalue weighted by Gasteiger charge is 2.03. The fourth-order valence-electron chi connectivity index (χ4n) is 1.29. The molecule has 0 radical (unpaired) electrons. The number of benzene rings is 1. The molecule has 2 N–H and O–H groups in total. The van der Waals surface area contributed by atoms with Crippen LogP contribution in [0, 0.1) is 5.82 Å². The highest BCUT2D eigenvalue weighted by atomic mass is 32.2. The van der Waals surface area contributed by atoms with Crippen LogP contribution in [0.2, 0.25) is 0 Å². The lowest BCUT2D eigenvalue weighted by Crippen LogP contribution is -1.93. The van der Waals surface area contributed by atoms with E-state index in [-0.39, 0.29) is 0 Å². The second-order valence-corrected chi connectivity index (χ2v) is 4.29. The van der Waals surface area contributed by atoms with Gasteiger partial charge < -0.3 is 5.73 Å². The van der Waals surface area contributed by atoms with E-state index in [0.29, 0.717) is 10.7 Å². The first-order valence-electron chi connectivity index (χ1n) is 4.83. The number of aromatic nitrogens is 1. The minimum Gasteiger partial charge on any atom is -0.396 e. The number of nitrogens with zero attached hydrogens (tertiary/aromatic N) is 1. The number of anilines is 1. The normalized spacial score (nSPS) is 10.3. The van der Waals surface area contributed by atoms with Gasteiger partial charge in [-0.1, -0.05) is 42.1 Å². The zero-order valence-electron chi connectivity index (χ0n) is 8.56. The van der Waals surface area contributed by atoms with Crippen LogP contribution in [-0.2, 0) is 5.75 Å². The van der Waals surface area contributed by atoms with Gasteiger partial charge in [-0.3, -0.25) is 0 Å². The van der Waals surface area contributed by atoms with Crippen LogP contribution in [0.4, 0.5) is 10.1 Å². The van der Waals surface area contributed by atoms with Crippen LogP contribution < -0.4 is 5.73 Å². The third-order valence-electron chi connectivity index (χ3n) is 2.06. The highest BCUT2D eigenvalue weighted by molar-refractivity contribution is 7.98. The molecule has 0 aliphatic carbocycles. The molecule has 0 saturated heterocycles. The molecule has 0 bridgehead atoms. The minimum atomic E-state index is -0.401. The van der Waals surface area contributed by atoms with Crippen LogP contribution in [0.15, 0.2) is 47.6 Å². The lowest BCUT2D eigenvalue weighted by Gasteiger charge is -2.04. The van der Waals surface area contributed by atoms with E-state index in [9.17, 15) is 4.39 Å². The molecule has 0 atom stereocenters. The van der Waals surface area contributed by atoms with E-state index in [1.54, 1.807) is 0 Å². The van der Waals surface area contributed by atoms with Crippen LogP contribution >= 0.6 is 11.8 Å². The summed E-state index contributed by atoms with van der Waals surface area (Å²) in [7, 11) is 0. The largest absolute Gasteiger partial charge is 0.396 e. The number of hydrogen-bond donors (Lipinski definition) is 1. The van der Waals surface area contributed by atoms with Crippen LogP contribution in [0.5, 0.6) is 0 Å². The summed E-state index contributed by atoms with van der Waals surface area (Å²) in [5.74, 6) is 0.380. The summed E-state index contributed by atoms with van der Waals surface area (Å²) in [5, 5.41) is 0.672. The van der Waals surface area contributed by atoms with Crippen molar-refractivity contribution < 1.29 is 4.39 Å². The van der Waals surface area contributed by atoms with Crippen LogP contribution in [0.25, 0.3) is 0 Å². The number of nitrogens with two attached hydrogens (primary N) is 1. The van der Waals surface area contributed by atoms with Crippen molar-refractivity contribution in [2.45, 2.75) is 10.8 Å². The molecule has 1 heterocycles. The number of nitrogen functional groups attached to an aromatic ring is 1. The first-order valence-corrected chi connectivity index (χ1v) is 5.82. The van der Waals surface area contributed by atoms with Gasteiger partial charge in [0.1, 0.15) is 10.8 Å². The lowest BCUT2D eigenvalue weighted by atomic mass is 10.2. The topological polar surface area (TPSA) is 38.9 Å². The van der Waals surface area contributed by atoms with Crippen molar-refractivity contribution in [2.75, 3.05) is 5.73 Å². The molecular formula is C12H11FN2S. The molecule has 0 fully saturated rings. The summed E-state index contributed by atoms with van der Waals surface area (Å²) >= 11 is 1.51. The third-order valence-corrected chi connectivity index (χ3v) is 3.16. The molecule has 2 rings (SSSR count). The summed E-state index contributed by atoms with van der Waals surface area (Å²) < 4.78 is 12.8. The maximum atomic E-state index is 12.8. The number of hydrogen-bond acceptors (Lipinski definition) is 3. The monoisotopic (exact) mass is 234 g/mol. The Kier molecular flexibility index (Phi) is 3.41. The number of pyridine rings is 1. The van der Waals surface area contributed by atoms with E-state index in [1.165, 1.54) is 29.6 Å². The van der Waals surface area contributed by atoms with E-state index < -0.39 is 5.82 Å². The molecule has 1 aromatic carbocycles. The molecule has 1 aromatic heterocycles. The van der Waals surface area contributed by atoms with Gasteiger partial charge in [-0.15, -0.1) is 0 Å². The molecule has 2 aromatic rings. The molecule has 0 aliphatic heterocycles. The average Bonchev–Trinajstić information content (AvgIpc) is 2.29. The van der Waals surface area contributed by atoms with Crippen molar-refractivity contribution in [2.24, 2.45) is 0 Å². The summed E-state index contributed by atoms with van der Waals surface area (Å²) in [4.78, 5) is 3.96. The van der Waals surface area contributed by atoms with E-state index in [0.717, 1.165) is 5.75 Å². The molecule has 0 saturated carbocycles. The van der Waals surface area contributed by atoms with Crippen LogP contribution in [0.3, 0.4) is 0 Å². The predicted molar refractivity (Wildman–Crippen MR) is 64.6 cm³/mol. The summed E-state index contributed by atoms with van der Waals surface area (Å²) in [6.45, 7) is 0. The Morgan fingerprint density at radius 2 is 2.00 bits per heavy atom. The molecule has 0 unspecified atom stereocenters. The van der Waals surface area contributed by atoms with Crippen molar-refractivity contribution in [3.05, 3.63) is 54.0 Å². The van der Waals surface area contributed by atoms with Crippen molar-refractivity contribution in [1.29, 1.82) is 0 Å². The SMILES string of the molecule is Nc1cc(F)cnc1SCc1ccccc1. The fourth-order valence-corrected chi connectivity index (χ4v) is 2.14. The van der Waals surface area contributed by atoms with Gasteiger partial charge in [0, 0.05) is 11.8 Å². The smallest absolute Gasteiger partial charge is 0.143 e. The second-order valence-electron chi connectivity index (χ2n) is 3.32. The van der Waals surface area contributed by atoms with Crippen LogP contribution in [0.1, 0.15) is 5.56 Å². The molecule has 2 nitrogen and oxygen atoms in total. The van der Waals surface area contributed by atoms with Crippen molar-refractivity contribution >= 4 is 17.4 Å². The Balaban J connectivity index is 2.05. The lowest BCUT2D eigenvalue weighted by molar-refractivity contribution is 0.619. The molecular weight excluding hydrogens is 223 g/mol. The van der Waals surface area contributed by atoms with E-state index in [2.05, 4.69) is 4.98 Å². The standard InChI is InChI=1S/C12H11FN2S/c13-10-6-11(14)12(15-7-10)16-8-9-4-2-1-3-5-9/h1-7H,8,14H2. The Bertz CT molecular complexity index is 474. The molecule has 82 valence electrons. The zero-order chi connectivity index (χ0) is 11.4. The second kappa shape index (κ2) is 4.99. The molecule has 0 amide bonds. The van der Waals surface area contributed by atoms with Gasteiger partial charge >= 0.3 is 0 Å². The average molecular weight is 234 g/mol. The predicted octanol–water partition coefficient (Wildman–Crippen LogP) is 3.10. The fraction of sp³-hybridized carbons (Fsp3) is 0.0833. The van der Waals surface area contributed by atoms with Crippen LogP contribution in [-0.4, -0.2) is 4.98 Å². The highest BCUT2D eigenvalue weighted by Crippen LogP contribution is 2.25. The Labute approximate surface area is 97.7 Å². The molecule has 16 heavy (non-hydrogen) atoms. The number of thioether (sulfide) groups is 1. The first kappa shape index (κ1) is 11.0. The van der Waals surface area contributed by atoms with Crippen molar-refractivity contribution in [3.8, 4) is 0 Å². The van der Waals surface area contributed by atoms with E-state index in [1.807, 2.05) is 30.3 Å². The quantitative estimate of drug-likeness (QED) is 0.829. The van der Waals surface area contributed by atoms with Gasteiger partial charge in [-0.2, -0.15) is 0 Å². The maximum absolute atomic E-state index is 12.8. The van der Waals surface area contributed by atoms with Crippen molar-refractivity contribution in [1.82, 2.24) is 4.98 Å². The van der Waals surface area contributed by atoms with E-state index >= 15 is 0 Å². The Morgan fingerprint density at radius 3 is 2.69 bits per heavy atom. The Hall–Kier alpha value is -1.55. The van der Waals surface area contributed by atoms with Gasteiger partial charge in [-0.25, -0.2) is 9.37 Å². The molecule has 4 heteroatoms. The minimum absolute atomic E-state index is 0.390. The van der Waals surface area contributed by atoms with Gasteiger partial charge in [0.25, 0.3) is 0 Å². The summed E-state index contributed by atoms with van der Waals surface area (Å²) in [5.41, 5.74) is 7.24. The van der Waals surface area contributed by atoms with Crippen molar-refractivity contribution in [3.63, 3.8) is 0 Å². The zero-order valence-corrected chi connectivity index (χ0v) is 9.38. The van der Waals surface area contributed by atoms with E-state index in [4.69, 9.17) is 5.73 Å². The number of halogens is 1. The molecule has 0 spiro atoms. The van der Waals surface area contributed by atoms with Gasteiger partial charge in [-0.05, 0) is 5.56 Å². The number of rotatable bonds is 3. The first-order chi connectivity index (χ1) is 7.75. The van der Waals surface area contributed by atoms with Gasteiger partial charge in [0.2, 0.25) is 0 Å². The Morgan fingerprint density at radius 1 is 1.25 bits per heavy atom. The van der Waals surface area contributed by atoms with Gasteiger partial charge in [0.05, 0.1) is 11.9 Å². The molecule has 0 aliphatic rings. The summed E-state index contributed by atoms with van der Waals surface area (Å²) in [6, 6.07) is 11.3. The summed E-state index contributed by atoms with van der Waals surface area (Å²) in [6.07, 6.45) is 1.18. The maximum Gasteiger partial charge on any atom is 0.143 e. The third kappa shape index (κ3) is 2.73. The van der Waals surface area contributed by atoms with Gasteiger partial charge in [0.15, 0.2) is 0 Å².